The Morgan fingerprint density at radius 3 is 2.62 bits per heavy atom. The Bertz CT molecular complexity index is 1140. The number of hydrogen-bond acceptors (Lipinski definition) is 5. The van der Waals surface area contributed by atoms with E-state index >= 15 is 0 Å². The number of allylic oxidation sites excluding steroid dienone is 3. The number of hydrogen-bond donors (Lipinski definition) is 2. The molecule has 0 aliphatic heterocycles. The number of nitrogens with zero attached hydrogens (tertiary/aromatic N) is 1. The summed E-state index contributed by atoms with van der Waals surface area (Å²) in [5.41, 5.74) is 4.73. The maximum Gasteiger partial charge on any atom is 0.325 e. The Morgan fingerprint density at radius 2 is 1.82 bits per heavy atom. The van der Waals surface area contributed by atoms with Crippen LogP contribution in [0.25, 0.3) is 5.57 Å². The van der Waals surface area contributed by atoms with Crippen molar-refractivity contribution in [2.45, 2.75) is 96.6 Å². The fraction of sp³-hybridized carbons (Fsp3) is 0.667. The van der Waals surface area contributed by atoms with Crippen molar-refractivity contribution in [3.63, 3.8) is 0 Å². The highest BCUT2D eigenvalue weighted by atomic mass is 16.5. The fourth-order valence-electron chi connectivity index (χ4n) is 9.09. The van der Waals surface area contributed by atoms with Crippen LogP contribution in [-0.2, 0) is 14.3 Å². The molecule has 1 aromatic rings. The first-order valence-corrected chi connectivity index (χ1v) is 15.4. The van der Waals surface area contributed by atoms with E-state index in [4.69, 9.17) is 4.74 Å². The predicted molar refractivity (Wildman–Crippen MR) is 152 cm³/mol. The molecular formula is C33H45N3O3. The van der Waals surface area contributed by atoms with E-state index in [1.807, 2.05) is 12.4 Å². The van der Waals surface area contributed by atoms with Gasteiger partial charge in [0.1, 0.15) is 12.6 Å². The summed E-state index contributed by atoms with van der Waals surface area (Å²) in [6.45, 7) is 5.21. The van der Waals surface area contributed by atoms with Crippen molar-refractivity contribution >= 4 is 17.4 Å². The molecule has 3 fully saturated rings. The molecule has 210 valence electrons. The normalized spacial score (nSPS) is 35.7. The minimum Gasteiger partial charge on any atom is -0.461 e. The summed E-state index contributed by atoms with van der Waals surface area (Å²) in [7, 11) is 0. The van der Waals surface area contributed by atoms with E-state index in [2.05, 4.69) is 53.7 Å². The van der Waals surface area contributed by atoms with E-state index in [1.165, 1.54) is 48.8 Å². The van der Waals surface area contributed by atoms with E-state index in [9.17, 15) is 9.59 Å². The third-order valence-corrected chi connectivity index (χ3v) is 11.2. The molecule has 39 heavy (non-hydrogen) atoms. The number of fused-ring (bicyclic) bond motifs is 5. The number of rotatable bonds is 7. The Labute approximate surface area is 233 Å². The molecule has 5 aliphatic carbocycles. The van der Waals surface area contributed by atoms with Gasteiger partial charge in [-0.1, -0.05) is 50.5 Å². The molecule has 6 heteroatoms. The molecule has 2 N–H and O–H groups in total. The second kappa shape index (κ2) is 10.8. The van der Waals surface area contributed by atoms with Crippen LogP contribution in [0.4, 0.5) is 0 Å². The van der Waals surface area contributed by atoms with Crippen molar-refractivity contribution < 1.29 is 14.3 Å². The Kier molecular flexibility index (Phi) is 7.43. The summed E-state index contributed by atoms with van der Waals surface area (Å²) in [6, 6.07) is 4.72. The summed E-state index contributed by atoms with van der Waals surface area (Å²) in [6.07, 6.45) is 21.2. The van der Waals surface area contributed by atoms with Gasteiger partial charge in [0.2, 0.25) is 5.91 Å². The van der Waals surface area contributed by atoms with E-state index in [1.54, 1.807) is 0 Å². The van der Waals surface area contributed by atoms with Gasteiger partial charge in [-0.15, -0.1) is 0 Å². The minimum atomic E-state index is -0.319. The average Bonchev–Trinajstić information content (AvgIpc) is 3.59. The summed E-state index contributed by atoms with van der Waals surface area (Å²) in [4.78, 5) is 29.1. The molecule has 6 nitrogen and oxygen atoms in total. The van der Waals surface area contributed by atoms with Crippen molar-refractivity contribution in [2.24, 2.45) is 28.6 Å². The lowest BCUT2D eigenvalue weighted by molar-refractivity contribution is -0.151. The van der Waals surface area contributed by atoms with Crippen LogP contribution in [0, 0.1) is 28.6 Å². The number of amides is 1. The maximum absolute atomic E-state index is 12.6. The summed E-state index contributed by atoms with van der Waals surface area (Å²) >= 11 is 0. The molecule has 0 radical (unpaired) electrons. The highest BCUT2D eigenvalue weighted by molar-refractivity contribution is 5.83. The first-order valence-electron chi connectivity index (χ1n) is 15.4. The molecule has 1 amide bonds. The molecule has 1 aromatic heterocycles. The highest BCUT2D eigenvalue weighted by Crippen LogP contribution is 2.66. The van der Waals surface area contributed by atoms with Crippen LogP contribution in [0.1, 0.15) is 90.0 Å². The van der Waals surface area contributed by atoms with Crippen LogP contribution in [0.3, 0.4) is 0 Å². The van der Waals surface area contributed by atoms with Gasteiger partial charge in [-0.25, -0.2) is 0 Å². The molecule has 0 bridgehead atoms. The first kappa shape index (κ1) is 26.7. The molecule has 3 saturated carbocycles. The van der Waals surface area contributed by atoms with Gasteiger partial charge in [0.15, 0.2) is 0 Å². The Morgan fingerprint density at radius 1 is 1.00 bits per heavy atom. The van der Waals surface area contributed by atoms with Crippen LogP contribution < -0.4 is 10.6 Å². The zero-order chi connectivity index (χ0) is 27.0. The van der Waals surface area contributed by atoms with Gasteiger partial charge >= 0.3 is 5.97 Å². The van der Waals surface area contributed by atoms with E-state index < -0.39 is 0 Å². The van der Waals surface area contributed by atoms with Crippen LogP contribution >= 0.6 is 0 Å². The number of nitrogens with one attached hydrogen (secondary N) is 2. The van der Waals surface area contributed by atoms with Crippen molar-refractivity contribution in [3.05, 3.63) is 47.8 Å². The van der Waals surface area contributed by atoms with Gasteiger partial charge in [0.25, 0.3) is 0 Å². The molecule has 6 rings (SSSR count). The lowest BCUT2D eigenvalue weighted by Gasteiger charge is -2.57. The number of carbonyl (C=O) groups excluding carboxylic acids is 2. The third-order valence-electron chi connectivity index (χ3n) is 11.2. The molecule has 6 unspecified atom stereocenters. The largest absolute Gasteiger partial charge is 0.461 e. The van der Waals surface area contributed by atoms with Crippen LogP contribution in [0.15, 0.2) is 42.3 Å². The van der Waals surface area contributed by atoms with E-state index in [-0.39, 0.29) is 41.9 Å². The molecule has 6 atom stereocenters. The van der Waals surface area contributed by atoms with Gasteiger partial charge in [-0.3, -0.25) is 14.6 Å². The summed E-state index contributed by atoms with van der Waals surface area (Å²) in [5.74, 6) is 1.63. The predicted octanol–water partition coefficient (Wildman–Crippen LogP) is 5.60. The highest BCUT2D eigenvalue weighted by Gasteiger charge is 2.57. The second-order valence-corrected chi connectivity index (χ2v) is 13.3. The zero-order valence-corrected chi connectivity index (χ0v) is 23.7. The number of pyridine rings is 1. The SMILES string of the molecule is CC12CCC(OC(=O)CNC(=O)CNC3CCCC3)CC1=CCC1C2CCC2(C)C(c3cccnc3)=CCC12. The molecule has 0 aromatic carbocycles. The molecule has 5 aliphatic rings. The van der Waals surface area contributed by atoms with Gasteiger partial charge in [-0.05, 0) is 97.2 Å². The van der Waals surface area contributed by atoms with Crippen molar-refractivity contribution in [1.29, 1.82) is 0 Å². The lowest BCUT2D eigenvalue weighted by Crippen LogP contribution is -2.50. The minimum absolute atomic E-state index is 0.0464. The smallest absolute Gasteiger partial charge is 0.325 e. The summed E-state index contributed by atoms with van der Waals surface area (Å²) in [5, 5.41) is 6.03. The number of carbonyl (C=O) groups is 2. The van der Waals surface area contributed by atoms with Crippen molar-refractivity contribution in [3.8, 4) is 0 Å². The molecular weight excluding hydrogens is 486 g/mol. The number of ether oxygens (including phenoxy) is 1. The average molecular weight is 532 g/mol. The number of esters is 1. The second-order valence-electron chi connectivity index (χ2n) is 13.3. The van der Waals surface area contributed by atoms with Crippen molar-refractivity contribution in [1.82, 2.24) is 15.6 Å². The fourth-order valence-corrected chi connectivity index (χ4v) is 9.09. The quantitative estimate of drug-likeness (QED) is 0.354. The standard InChI is InChI=1S/C33H45N3O3/c1-32-15-13-25(39-31(38)21-36-30(37)20-35-24-7-3-4-8-24)18-23(32)9-10-26-28-12-11-27(22-6-5-17-34-19-22)33(28,2)16-14-29(26)32/h5-6,9,11,17,19,24-26,28-29,35H,3-4,7-8,10,12-16,18,20-21H2,1-2H3,(H,36,37). The zero-order valence-electron chi connectivity index (χ0n) is 23.7. The van der Waals surface area contributed by atoms with Gasteiger partial charge in [-0.2, -0.15) is 0 Å². The first-order chi connectivity index (χ1) is 18.9. The monoisotopic (exact) mass is 531 g/mol. The van der Waals surface area contributed by atoms with Crippen molar-refractivity contribution in [2.75, 3.05) is 13.1 Å². The van der Waals surface area contributed by atoms with E-state index in [0.29, 0.717) is 23.8 Å². The topological polar surface area (TPSA) is 80.3 Å². The van der Waals surface area contributed by atoms with Crippen LogP contribution in [-0.4, -0.2) is 42.1 Å². The Balaban J connectivity index is 1.04. The van der Waals surface area contributed by atoms with Gasteiger partial charge in [0.05, 0.1) is 6.54 Å². The maximum atomic E-state index is 12.6. The van der Waals surface area contributed by atoms with E-state index in [0.717, 1.165) is 38.5 Å². The number of aromatic nitrogens is 1. The summed E-state index contributed by atoms with van der Waals surface area (Å²) < 4.78 is 5.87. The molecule has 0 spiro atoms. The lowest BCUT2D eigenvalue weighted by atomic mass is 9.47. The van der Waals surface area contributed by atoms with Gasteiger partial charge < -0.3 is 15.4 Å². The molecule has 0 saturated heterocycles. The Hall–Kier alpha value is -2.47. The third kappa shape index (κ3) is 5.10. The van der Waals surface area contributed by atoms with Gasteiger partial charge in [0, 0.05) is 24.9 Å². The van der Waals surface area contributed by atoms with Crippen LogP contribution in [0.2, 0.25) is 0 Å². The van der Waals surface area contributed by atoms with Crippen LogP contribution in [0.5, 0.6) is 0 Å². The molecule has 1 heterocycles.